The number of methoxy groups -OCH3 is 1. The van der Waals surface area contributed by atoms with Gasteiger partial charge >= 0.3 is 12.0 Å². The summed E-state index contributed by atoms with van der Waals surface area (Å²) < 4.78 is 18.3. The van der Waals surface area contributed by atoms with Gasteiger partial charge in [-0.3, -0.25) is 5.43 Å². The first-order valence-corrected chi connectivity index (χ1v) is 10.8. The number of urea groups is 1. The second kappa shape index (κ2) is 8.39. The van der Waals surface area contributed by atoms with Gasteiger partial charge in [-0.05, 0) is 48.8 Å². The summed E-state index contributed by atoms with van der Waals surface area (Å²) >= 11 is 0. The maximum atomic E-state index is 13.2. The fourth-order valence-corrected chi connectivity index (χ4v) is 5.21. The Labute approximate surface area is 180 Å². The molecule has 164 valence electrons. The first kappa shape index (κ1) is 20.1. The van der Waals surface area contributed by atoms with Gasteiger partial charge in [0.1, 0.15) is 5.82 Å². The smallest absolute Gasteiger partial charge is 0.317 e. The normalized spacial score (nSPS) is 30.2. The predicted molar refractivity (Wildman–Crippen MR) is 111 cm³/mol. The Morgan fingerprint density at radius 3 is 2.65 bits per heavy atom. The average Bonchev–Trinajstić information content (AvgIpc) is 3.13. The molecule has 1 aromatic carbocycles. The molecule has 8 nitrogen and oxygen atoms in total. The Hall–Kier alpha value is -2.78. The first-order valence-electron chi connectivity index (χ1n) is 10.8. The molecule has 1 saturated carbocycles. The van der Waals surface area contributed by atoms with Crippen molar-refractivity contribution in [1.29, 1.82) is 0 Å². The molecule has 0 spiro atoms. The number of aromatic nitrogens is 2. The molecule has 0 bridgehead atoms. The fraction of sp³-hybridized carbons (Fsp3) is 0.500. The highest BCUT2D eigenvalue weighted by atomic mass is 19.1. The van der Waals surface area contributed by atoms with Crippen molar-refractivity contribution < 1.29 is 13.9 Å². The number of amides is 2. The van der Waals surface area contributed by atoms with E-state index in [1.165, 1.54) is 12.1 Å². The van der Waals surface area contributed by atoms with Gasteiger partial charge in [-0.15, -0.1) is 0 Å². The van der Waals surface area contributed by atoms with E-state index < -0.39 is 0 Å². The summed E-state index contributed by atoms with van der Waals surface area (Å²) in [5.74, 6) is 0.546. The van der Waals surface area contributed by atoms with E-state index in [2.05, 4.69) is 26.1 Å². The van der Waals surface area contributed by atoms with Crippen molar-refractivity contribution >= 4 is 6.03 Å². The average molecular weight is 426 g/mol. The van der Waals surface area contributed by atoms with Crippen molar-refractivity contribution in [2.24, 2.45) is 11.8 Å². The van der Waals surface area contributed by atoms with E-state index in [4.69, 9.17) is 4.74 Å². The molecule has 3 heterocycles. The van der Waals surface area contributed by atoms with E-state index >= 15 is 0 Å². The highest BCUT2D eigenvalue weighted by Crippen LogP contribution is 2.42. The number of halogens is 1. The van der Waals surface area contributed by atoms with Crippen LogP contribution in [-0.2, 0) is 6.54 Å². The van der Waals surface area contributed by atoms with Gasteiger partial charge in [0.15, 0.2) is 0 Å². The molecule has 5 rings (SSSR count). The summed E-state index contributed by atoms with van der Waals surface area (Å²) in [5.41, 5.74) is 8.80. The lowest BCUT2D eigenvalue weighted by molar-refractivity contribution is 0.179. The second-order valence-corrected chi connectivity index (χ2v) is 8.66. The molecule has 1 aromatic heterocycles. The van der Waals surface area contributed by atoms with Crippen LogP contribution in [0.2, 0.25) is 0 Å². The lowest BCUT2D eigenvalue weighted by Gasteiger charge is -2.38. The number of hydrogen-bond acceptors (Lipinski definition) is 6. The van der Waals surface area contributed by atoms with Crippen LogP contribution in [-0.4, -0.2) is 46.6 Å². The van der Waals surface area contributed by atoms with Gasteiger partial charge in [-0.1, -0.05) is 12.1 Å². The summed E-state index contributed by atoms with van der Waals surface area (Å²) in [6.45, 7) is 1.18. The Kier molecular flexibility index (Phi) is 5.45. The summed E-state index contributed by atoms with van der Waals surface area (Å²) in [5, 5.41) is 3.25. The Balaban J connectivity index is 1.27. The summed E-state index contributed by atoms with van der Waals surface area (Å²) in [6, 6.07) is 7.23. The summed E-state index contributed by atoms with van der Waals surface area (Å²) in [7, 11) is 1.56. The summed E-state index contributed by atoms with van der Waals surface area (Å²) in [6.07, 6.45) is 6.47. The van der Waals surface area contributed by atoms with E-state index in [0.717, 1.165) is 30.4 Å². The van der Waals surface area contributed by atoms with Crippen LogP contribution in [0.3, 0.4) is 0 Å². The molecule has 9 heteroatoms. The SMILES string of the molecule is COc1ncc(C2NNC3CC4NC(=O)N(Cc5ccc(F)cc5)CCC4CC32)cn1. The molecule has 31 heavy (non-hydrogen) atoms. The molecule has 3 fully saturated rings. The van der Waals surface area contributed by atoms with E-state index in [9.17, 15) is 9.18 Å². The van der Waals surface area contributed by atoms with Gasteiger partial charge in [0.05, 0.1) is 13.2 Å². The number of nitrogens with one attached hydrogen (secondary N) is 3. The number of benzene rings is 1. The maximum Gasteiger partial charge on any atom is 0.317 e. The molecule has 0 radical (unpaired) electrons. The van der Waals surface area contributed by atoms with Crippen LogP contribution in [0, 0.1) is 17.7 Å². The van der Waals surface area contributed by atoms with Gasteiger partial charge in [0.25, 0.3) is 0 Å². The minimum absolute atomic E-state index is 0.0404. The molecule has 1 aliphatic carbocycles. The monoisotopic (exact) mass is 426 g/mol. The van der Waals surface area contributed by atoms with Gasteiger partial charge in [0.2, 0.25) is 0 Å². The lowest BCUT2D eigenvalue weighted by atomic mass is 9.71. The molecule has 5 atom stereocenters. The number of carbonyl (C=O) groups excluding carboxylic acids is 1. The quantitative estimate of drug-likeness (QED) is 0.694. The third-order valence-electron chi connectivity index (χ3n) is 6.86. The topological polar surface area (TPSA) is 91.4 Å². The minimum Gasteiger partial charge on any atom is -0.467 e. The number of nitrogens with zero attached hydrogens (tertiary/aromatic N) is 3. The number of hydrazine groups is 1. The van der Waals surface area contributed by atoms with Crippen molar-refractivity contribution in [3.8, 4) is 6.01 Å². The second-order valence-electron chi connectivity index (χ2n) is 8.66. The zero-order valence-electron chi connectivity index (χ0n) is 17.4. The van der Waals surface area contributed by atoms with Crippen molar-refractivity contribution in [2.75, 3.05) is 13.7 Å². The van der Waals surface area contributed by atoms with E-state index in [0.29, 0.717) is 30.9 Å². The van der Waals surface area contributed by atoms with E-state index in [1.807, 2.05) is 17.3 Å². The number of rotatable bonds is 4. The zero-order valence-corrected chi connectivity index (χ0v) is 17.4. The molecule has 3 aliphatic rings. The third kappa shape index (κ3) is 4.07. The number of fused-ring (bicyclic) bond motifs is 2. The van der Waals surface area contributed by atoms with Crippen molar-refractivity contribution in [3.05, 3.63) is 53.6 Å². The Morgan fingerprint density at radius 2 is 1.90 bits per heavy atom. The van der Waals surface area contributed by atoms with Crippen molar-refractivity contribution in [1.82, 2.24) is 31.0 Å². The molecular formula is C22H27FN6O2. The molecule has 3 N–H and O–H groups in total. The van der Waals surface area contributed by atoms with Crippen LogP contribution in [0.5, 0.6) is 6.01 Å². The van der Waals surface area contributed by atoms with Gasteiger partial charge in [-0.2, -0.15) is 0 Å². The Morgan fingerprint density at radius 1 is 1.13 bits per heavy atom. The Bertz CT molecular complexity index is 925. The molecule has 5 unspecified atom stereocenters. The number of carbonyl (C=O) groups is 1. The zero-order chi connectivity index (χ0) is 21.4. The fourth-order valence-electron chi connectivity index (χ4n) is 5.21. The number of ether oxygens (including phenoxy) is 1. The molecule has 2 aromatic rings. The van der Waals surface area contributed by atoms with Gasteiger partial charge in [-0.25, -0.2) is 24.6 Å². The predicted octanol–water partition coefficient (Wildman–Crippen LogP) is 2.15. The maximum absolute atomic E-state index is 13.2. The molecular weight excluding hydrogens is 399 g/mol. The standard InChI is InChI=1S/C22H27FN6O2/c1-31-21-24-10-15(11-25-21)20-17-8-14-6-7-29(12-13-2-4-16(23)5-3-13)22(30)26-18(14)9-19(17)27-28-20/h2-5,10-11,14,17-20,27-28H,6-9,12H2,1H3,(H,26,30). The first-order chi connectivity index (χ1) is 15.1. The van der Waals surface area contributed by atoms with Crippen molar-refractivity contribution in [3.63, 3.8) is 0 Å². The lowest BCUT2D eigenvalue weighted by Crippen LogP contribution is -2.50. The summed E-state index contributed by atoms with van der Waals surface area (Å²) in [4.78, 5) is 23.2. The molecule has 2 amide bonds. The minimum atomic E-state index is -0.264. The number of hydrogen-bond donors (Lipinski definition) is 3. The van der Waals surface area contributed by atoms with Gasteiger partial charge in [0, 0.05) is 43.1 Å². The van der Waals surface area contributed by atoms with Gasteiger partial charge < -0.3 is 15.0 Å². The third-order valence-corrected chi connectivity index (χ3v) is 6.86. The molecule has 2 aliphatic heterocycles. The van der Waals surface area contributed by atoms with E-state index in [-0.39, 0.29) is 30.0 Å². The van der Waals surface area contributed by atoms with E-state index in [1.54, 1.807) is 19.2 Å². The van der Waals surface area contributed by atoms with Crippen LogP contribution in [0.25, 0.3) is 0 Å². The van der Waals surface area contributed by atoms with Crippen LogP contribution in [0.1, 0.15) is 36.4 Å². The van der Waals surface area contributed by atoms with Crippen molar-refractivity contribution in [2.45, 2.75) is 43.9 Å². The van der Waals surface area contributed by atoms with Crippen LogP contribution in [0.15, 0.2) is 36.7 Å². The molecule has 2 saturated heterocycles. The highest BCUT2D eigenvalue weighted by Gasteiger charge is 2.46. The van der Waals surface area contributed by atoms with Crippen LogP contribution >= 0.6 is 0 Å². The van der Waals surface area contributed by atoms with Crippen LogP contribution in [0.4, 0.5) is 9.18 Å². The highest BCUT2D eigenvalue weighted by molar-refractivity contribution is 5.75. The van der Waals surface area contributed by atoms with Crippen LogP contribution < -0.4 is 20.9 Å². The largest absolute Gasteiger partial charge is 0.467 e.